The molecule has 1 atom stereocenters. The Labute approximate surface area is 453 Å². The second kappa shape index (κ2) is 8.40. The summed E-state index contributed by atoms with van der Waals surface area (Å²) in [6.07, 6.45) is 0. The number of piperazine rings is 1. The second-order valence-corrected chi connectivity index (χ2v) is 29.5. The molecule has 362 valence electrons. The minimum absolute atomic E-state index is 0.0882. The normalized spacial score (nSPS) is 23.6. The fraction of sp³-hybridized carbons (Fsp3) is 0.169. The zero-order valence-electron chi connectivity index (χ0n) is 43.4. The van der Waals surface area contributed by atoms with Crippen molar-refractivity contribution in [1.29, 1.82) is 0 Å². The maximum Gasteiger partial charge on any atom is 0.0698 e. The summed E-state index contributed by atoms with van der Waals surface area (Å²) in [5.74, 6) is 0. The first-order valence-electron chi connectivity index (χ1n) is 31.0. The van der Waals surface area contributed by atoms with Crippen LogP contribution >= 0.6 is 0 Å². The van der Waals surface area contributed by atoms with Gasteiger partial charge in [-0.1, -0.05) is 12.1 Å². The van der Waals surface area contributed by atoms with Gasteiger partial charge in [-0.05, 0) is 338 Å². The number of nitrogens with zero attached hydrogens (tertiary/aromatic N) is 3. The standard InChI is InChI=1S/C77H27N3O2/c1-78-14-76-71-63-55-45-35-27-19-17-18-21-25-23(19)31-39-33(25)43-37-29(21)30-22(18)26-24-20(17)28(27)36-42-32(24)40-34(26)44-38(30)48-47(37)59-53(43)61-51(39)57(49(55)41(31)35)65(71)67(61)73-69(59)70-60(48)54(44)62-52(40)58-50(42)56(46(36)45)64(63)72(76)66(58)68(62)74(70)77(73,76)75(78)15-2-4-16(5-3-15)80-8-6-79(7-9-80)10-12-82-13-11-81/h2-5,75,81H,6-14H2,1H3. The smallest absolute Gasteiger partial charge is 0.0698 e. The average Bonchev–Trinajstić information content (AvgIpc) is 1.40. The number of aliphatic hydroxyl groups is 1. The number of ether oxygens (including phenoxy) is 1. The summed E-state index contributed by atoms with van der Waals surface area (Å²) < 4.78 is 5.71. The third-order valence-electron chi connectivity index (χ3n) is 28.6. The van der Waals surface area contributed by atoms with Gasteiger partial charge in [0, 0.05) is 51.0 Å². The molecule has 82 heavy (non-hydrogen) atoms. The van der Waals surface area contributed by atoms with E-state index in [1.54, 1.807) is 313 Å². The summed E-state index contributed by atoms with van der Waals surface area (Å²) in [6.45, 7) is 7.23. The molecule has 0 aromatic heterocycles. The maximum atomic E-state index is 9.32. The number of benzene rings is 19. The van der Waals surface area contributed by atoms with Crippen LogP contribution in [-0.4, -0.2) is 81.0 Å². The summed E-state index contributed by atoms with van der Waals surface area (Å²) in [4.78, 5) is 8.15. The van der Waals surface area contributed by atoms with E-state index in [4.69, 9.17) is 4.74 Å². The van der Waals surface area contributed by atoms with E-state index in [1.807, 2.05) is 0 Å². The molecule has 2 spiro atoms. The molecule has 35 rings (SSSR count). The van der Waals surface area contributed by atoms with Crippen molar-refractivity contribution >= 4 is 297 Å². The Morgan fingerprint density at radius 1 is 0.354 bits per heavy atom. The van der Waals surface area contributed by atoms with E-state index >= 15 is 0 Å². The first-order valence-corrected chi connectivity index (χ1v) is 31.0. The summed E-state index contributed by atoms with van der Waals surface area (Å²) in [5, 5.41) is 99.4. The van der Waals surface area contributed by atoms with Gasteiger partial charge in [-0.15, -0.1) is 0 Å². The minimum Gasteiger partial charge on any atom is -0.394 e. The molecule has 4 aliphatic carbocycles. The Bertz CT molecular complexity index is 7550. The van der Waals surface area contributed by atoms with Crippen molar-refractivity contribution in [3.05, 3.63) is 52.1 Å². The van der Waals surface area contributed by atoms with E-state index in [0.29, 0.717) is 13.2 Å². The lowest BCUT2D eigenvalue weighted by Crippen LogP contribution is -2.52. The van der Waals surface area contributed by atoms with Crippen molar-refractivity contribution in [3.8, 4) is 0 Å². The molecular weight excluding hydrogens is 999 g/mol. The van der Waals surface area contributed by atoms with Gasteiger partial charge in [0.1, 0.15) is 0 Å². The molecule has 0 amide bonds. The Morgan fingerprint density at radius 2 is 0.622 bits per heavy atom. The van der Waals surface area contributed by atoms with Gasteiger partial charge in [0.2, 0.25) is 0 Å². The van der Waals surface area contributed by atoms with Crippen LogP contribution in [0.3, 0.4) is 0 Å². The summed E-state index contributed by atoms with van der Waals surface area (Å²) in [6, 6.07) is 10.5. The van der Waals surface area contributed by atoms with Gasteiger partial charge < -0.3 is 14.7 Å². The highest BCUT2D eigenvalue weighted by Crippen LogP contribution is 2.87. The van der Waals surface area contributed by atoms with Crippen LogP contribution in [0.15, 0.2) is 24.3 Å². The van der Waals surface area contributed by atoms with E-state index in [0.717, 1.165) is 39.3 Å². The maximum absolute atomic E-state index is 9.32. The summed E-state index contributed by atoms with van der Waals surface area (Å²) >= 11 is 0. The highest BCUT2D eigenvalue weighted by Gasteiger charge is 2.76. The van der Waals surface area contributed by atoms with Crippen LogP contribution in [0.1, 0.15) is 33.9 Å². The van der Waals surface area contributed by atoms with E-state index in [1.165, 1.54) is 11.3 Å². The van der Waals surface area contributed by atoms with Crippen LogP contribution in [0.25, 0.3) is 291 Å². The molecule has 0 radical (unpaired) electrons. The van der Waals surface area contributed by atoms with Crippen LogP contribution in [0.5, 0.6) is 0 Å². The third-order valence-corrected chi connectivity index (χ3v) is 28.6. The quantitative estimate of drug-likeness (QED) is 0.127. The molecule has 29 aromatic rings. The zero-order chi connectivity index (χ0) is 49.8. The van der Waals surface area contributed by atoms with Crippen molar-refractivity contribution in [1.82, 2.24) is 9.80 Å². The highest BCUT2D eigenvalue weighted by molar-refractivity contribution is 6.82. The van der Waals surface area contributed by atoms with E-state index in [9.17, 15) is 5.11 Å². The topological polar surface area (TPSA) is 39.2 Å². The van der Waals surface area contributed by atoms with Crippen molar-refractivity contribution in [2.45, 2.75) is 16.9 Å². The fourth-order valence-corrected chi connectivity index (χ4v) is 28.0. The van der Waals surface area contributed by atoms with Crippen LogP contribution in [0, 0.1) is 0 Å². The summed E-state index contributed by atoms with van der Waals surface area (Å²) in [7, 11) is 2.59. The SMILES string of the molecule is CN1CC23c4c5c6c7c8c9c(c%10c%11c2c2c4c4c%12c5c5c6c6c8c8c%13c9c9c%10c%10c%11c%11c2c2c4c4c%12c%12c5c5c6c8c6c8c%13c9c9c%10c%10c%11c2c2c4c4c%12c5c6c5c8c9c%10c2c45)C73C1c1ccc(N2CCN(CCOCCO)CC2)cc1. The van der Waals surface area contributed by atoms with E-state index < -0.39 is 0 Å². The van der Waals surface area contributed by atoms with Gasteiger partial charge in [-0.25, -0.2) is 0 Å². The molecule has 29 aromatic carbocycles. The number of rotatable bonds is 7. The molecule has 5 nitrogen and oxygen atoms in total. The van der Waals surface area contributed by atoms with Crippen LogP contribution in [0.2, 0.25) is 0 Å². The number of aliphatic hydroxyl groups excluding tert-OH is 1. The highest BCUT2D eigenvalue weighted by atomic mass is 16.5. The van der Waals surface area contributed by atoms with Crippen molar-refractivity contribution in [2.75, 3.05) is 71.0 Å². The fourth-order valence-electron chi connectivity index (χ4n) is 28.0. The van der Waals surface area contributed by atoms with Gasteiger partial charge in [0.15, 0.2) is 0 Å². The Morgan fingerprint density at radius 3 is 0.902 bits per heavy atom. The van der Waals surface area contributed by atoms with Crippen LogP contribution in [0.4, 0.5) is 5.69 Å². The number of anilines is 1. The number of hydrogen-bond donors (Lipinski definition) is 1. The lowest BCUT2D eigenvalue weighted by molar-refractivity contribution is 0.0724. The van der Waals surface area contributed by atoms with Gasteiger partial charge >= 0.3 is 0 Å². The van der Waals surface area contributed by atoms with Crippen molar-refractivity contribution < 1.29 is 9.84 Å². The number of likely N-dealkylation sites (tertiary alicyclic amines) is 1. The predicted octanol–water partition coefficient (Wildman–Crippen LogP) is 17.1. The molecular formula is C77H27N3O2. The van der Waals surface area contributed by atoms with Gasteiger partial charge in [-0.3, -0.25) is 9.80 Å². The van der Waals surface area contributed by atoms with Crippen LogP contribution < -0.4 is 4.90 Å². The zero-order valence-corrected chi connectivity index (χ0v) is 43.4. The third kappa shape index (κ3) is 2.06. The second-order valence-electron chi connectivity index (χ2n) is 29.5. The number of hydrogen-bond acceptors (Lipinski definition) is 5. The minimum atomic E-state index is -0.349. The van der Waals surface area contributed by atoms with E-state index in [2.05, 4.69) is 46.0 Å². The first-order chi connectivity index (χ1) is 40.7. The molecule has 1 unspecified atom stereocenters. The van der Waals surface area contributed by atoms with Crippen molar-refractivity contribution in [3.63, 3.8) is 0 Å². The summed E-state index contributed by atoms with van der Waals surface area (Å²) in [5.41, 5.74) is 9.29. The Kier molecular flexibility index (Phi) is 3.47. The Balaban J connectivity index is 0.891. The van der Waals surface area contributed by atoms with E-state index in [-0.39, 0.29) is 23.5 Å². The lowest BCUT2D eigenvalue weighted by atomic mass is 9.47. The molecule has 2 heterocycles. The lowest BCUT2D eigenvalue weighted by Gasteiger charge is -2.52. The molecule has 6 aliphatic rings. The number of likely N-dealkylation sites (N-methyl/N-ethyl adjacent to an activating group) is 1. The average molecular weight is 1030 g/mol. The molecule has 2 fully saturated rings. The molecule has 0 bridgehead atoms. The predicted molar refractivity (Wildman–Crippen MR) is 342 cm³/mol. The monoisotopic (exact) mass is 1030 g/mol. The molecule has 0 saturated carbocycles. The Hall–Kier alpha value is -8.68. The largest absolute Gasteiger partial charge is 0.394 e. The van der Waals surface area contributed by atoms with Gasteiger partial charge in [-0.2, -0.15) is 0 Å². The van der Waals surface area contributed by atoms with Crippen molar-refractivity contribution in [2.24, 2.45) is 0 Å². The van der Waals surface area contributed by atoms with Gasteiger partial charge in [0.25, 0.3) is 0 Å². The molecule has 2 aliphatic heterocycles. The molecule has 5 heteroatoms. The van der Waals surface area contributed by atoms with Gasteiger partial charge in [0.05, 0.1) is 30.7 Å². The molecule has 1 N–H and O–H groups in total. The first kappa shape index (κ1) is 33.9. The van der Waals surface area contributed by atoms with Crippen LogP contribution in [-0.2, 0) is 15.6 Å². The molecule has 2 saturated heterocycles.